The molecule has 0 unspecified atom stereocenters. The van der Waals surface area contributed by atoms with Gasteiger partial charge in [-0.25, -0.2) is 9.18 Å². The predicted octanol–water partition coefficient (Wildman–Crippen LogP) is 5.64. The fourth-order valence-corrected chi connectivity index (χ4v) is 4.85. The number of carbonyl (C=O) groups excluding carboxylic acids is 1. The van der Waals surface area contributed by atoms with Gasteiger partial charge >= 0.3 is 5.97 Å². The lowest BCUT2D eigenvalue weighted by Crippen LogP contribution is -2.39. The van der Waals surface area contributed by atoms with Crippen LogP contribution in [-0.2, 0) is 20.7 Å². The Morgan fingerprint density at radius 3 is 2.81 bits per heavy atom. The first-order chi connectivity index (χ1) is 17.4. The van der Waals surface area contributed by atoms with Crippen molar-refractivity contribution >= 4 is 12.0 Å². The largest absolute Gasteiger partial charge is 0.463 e. The highest BCUT2D eigenvalue weighted by Crippen LogP contribution is 2.28. The molecule has 0 radical (unpaired) electrons. The summed E-state index contributed by atoms with van der Waals surface area (Å²) in [6.07, 6.45) is 7.03. The molecule has 196 valence electrons. The lowest BCUT2D eigenvalue weighted by atomic mass is 9.98. The lowest BCUT2D eigenvalue weighted by Gasteiger charge is -2.28. The van der Waals surface area contributed by atoms with Crippen molar-refractivity contribution in [2.24, 2.45) is 0 Å². The first kappa shape index (κ1) is 28.0. The van der Waals surface area contributed by atoms with E-state index >= 15 is 0 Å². The molecule has 3 atom stereocenters. The SMILES string of the molecule is CCC[C@@H](OC[C@H](O)CN1CCC[C@H]1Cc1ccc(C)c(F)c1)c1ccccc1C=CC(=O)OCC. The Balaban J connectivity index is 1.59. The molecule has 5 nitrogen and oxygen atoms in total. The molecule has 2 aromatic rings. The number of ether oxygens (including phenoxy) is 2. The van der Waals surface area contributed by atoms with Crippen molar-refractivity contribution in [2.45, 2.75) is 71.1 Å². The highest BCUT2D eigenvalue weighted by Gasteiger charge is 2.27. The Hall–Kier alpha value is -2.54. The molecular weight excluding hydrogens is 457 g/mol. The number of rotatable bonds is 13. The molecule has 1 heterocycles. The Bertz CT molecular complexity index is 1010. The molecule has 1 saturated heterocycles. The number of hydrogen-bond acceptors (Lipinski definition) is 5. The summed E-state index contributed by atoms with van der Waals surface area (Å²) in [4.78, 5) is 14.1. The zero-order valence-corrected chi connectivity index (χ0v) is 21.8. The van der Waals surface area contributed by atoms with Gasteiger partial charge in [0.15, 0.2) is 0 Å². The molecule has 0 amide bonds. The molecule has 0 bridgehead atoms. The molecule has 2 aromatic carbocycles. The number of benzene rings is 2. The number of β-amino-alcohol motifs (C(OH)–C–C–N with tert-alkyl or cyclic N) is 1. The van der Waals surface area contributed by atoms with Crippen molar-refractivity contribution in [3.8, 4) is 0 Å². The number of aryl methyl sites for hydroxylation is 1. The van der Waals surface area contributed by atoms with E-state index in [4.69, 9.17) is 9.47 Å². The number of carbonyl (C=O) groups is 1. The molecule has 0 spiro atoms. The van der Waals surface area contributed by atoms with Gasteiger partial charge in [0.05, 0.1) is 25.4 Å². The lowest BCUT2D eigenvalue weighted by molar-refractivity contribution is -0.137. The molecular formula is C30H40FNO4. The maximum Gasteiger partial charge on any atom is 0.330 e. The summed E-state index contributed by atoms with van der Waals surface area (Å²) < 4.78 is 25.2. The number of likely N-dealkylation sites (tertiary alicyclic amines) is 1. The van der Waals surface area contributed by atoms with Crippen LogP contribution in [-0.4, -0.2) is 54.4 Å². The highest BCUT2D eigenvalue weighted by atomic mass is 19.1. The highest BCUT2D eigenvalue weighted by molar-refractivity contribution is 5.87. The minimum atomic E-state index is -0.623. The van der Waals surface area contributed by atoms with Crippen molar-refractivity contribution in [3.05, 3.63) is 76.6 Å². The van der Waals surface area contributed by atoms with Gasteiger partial charge < -0.3 is 14.6 Å². The van der Waals surface area contributed by atoms with E-state index in [0.717, 1.165) is 55.3 Å². The van der Waals surface area contributed by atoms with Crippen LogP contribution >= 0.6 is 0 Å². The second kappa shape index (κ2) is 14.3. The molecule has 36 heavy (non-hydrogen) atoms. The summed E-state index contributed by atoms with van der Waals surface area (Å²) in [5.41, 5.74) is 3.56. The van der Waals surface area contributed by atoms with Crippen LogP contribution in [0.3, 0.4) is 0 Å². The molecule has 0 aromatic heterocycles. The molecule has 1 aliphatic heterocycles. The molecule has 0 aliphatic carbocycles. The Morgan fingerprint density at radius 1 is 1.25 bits per heavy atom. The van der Waals surface area contributed by atoms with Gasteiger partial charge in [0, 0.05) is 18.7 Å². The van der Waals surface area contributed by atoms with Gasteiger partial charge in [-0.1, -0.05) is 49.7 Å². The van der Waals surface area contributed by atoms with Gasteiger partial charge in [-0.15, -0.1) is 0 Å². The third-order valence-electron chi connectivity index (χ3n) is 6.72. The van der Waals surface area contributed by atoms with E-state index in [9.17, 15) is 14.3 Å². The van der Waals surface area contributed by atoms with Crippen LogP contribution in [0.2, 0.25) is 0 Å². The van der Waals surface area contributed by atoms with Crippen LogP contribution in [0.4, 0.5) is 4.39 Å². The van der Waals surface area contributed by atoms with E-state index in [0.29, 0.717) is 24.8 Å². The third kappa shape index (κ3) is 8.26. The number of aliphatic hydroxyl groups is 1. The van der Waals surface area contributed by atoms with E-state index < -0.39 is 6.10 Å². The summed E-state index contributed by atoms with van der Waals surface area (Å²) in [5, 5.41) is 10.8. The number of halogens is 1. The minimum absolute atomic E-state index is 0.162. The third-order valence-corrected chi connectivity index (χ3v) is 6.72. The first-order valence-corrected chi connectivity index (χ1v) is 13.1. The van der Waals surface area contributed by atoms with Crippen LogP contribution in [0.25, 0.3) is 6.08 Å². The van der Waals surface area contributed by atoms with E-state index in [1.54, 1.807) is 26.0 Å². The van der Waals surface area contributed by atoms with E-state index in [1.165, 1.54) is 6.08 Å². The molecule has 0 saturated carbocycles. The summed E-state index contributed by atoms with van der Waals surface area (Å²) in [5.74, 6) is -0.533. The Morgan fingerprint density at radius 2 is 2.06 bits per heavy atom. The predicted molar refractivity (Wildman–Crippen MR) is 141 cm³/mol. The van der Waals surface area contributed by atoms with Gasteiger partial charge in [-0.3, -0.25) is 4.90 Å². The molecule has 6 heteroatoms. The van der Waals surface area contributed by atoms with Gasteiger partial charge in [0.2, 0.25) is 0 Å². The zero-order valence-electron chi connectivity index (χ0n) is 21.8. The topological polar surface area (TPSA) is 59.0 Å². The number of nitrogens with zero attached hydrogens (tertiary/aromatic N) is 1. The summed E-state index contributed by atoms with van der Waals surface area (Å²) >= 11 is 0. The Labute approximate surface area is 214 Å². The van der Waals surface area contributed by atoms with Gasteiger partial charge in [-0.2, -0.15) is 0 Å². The fraction of sp³-hybridized carbons (Fsp3) is 0.500. The van der Waals surface area contributed by atoms with Crippen molar-refractivity contribution < 1.29 is 23.8 Å². The maximum absolute atomic E-state index is 14.0. The smallest absolute Gasteiger partial charge is 0.330 e. The van der Waals surface area contributed by atoms with Gasteiger partial charge in [-0.05, 0) is 80.5 Å². The van der Waals surface area contributed by atoms with Crippen LogP contribution < -0.4 is 0 Å². The second-order valence-corrected chi connectivity index (χ2v) is 9.56. The summed E-state index contributed by atoms with van der Waals surface area (Å²) in [6, 6.07) is 13.6. The van der Waals surface area contributed by atoms with E-state index in [-0.39, 0.29) is 24.5 Å². The standard InChI is InChI=1S/C30H40FNO4/c1-4-9-29(27-12-7-6-10-24(27)15-16-30(34)35-5-2)36-21-26(33)20-32-17-8-11-25(32)18-23-14-13-22(3)28(31)19-23/h6-7,10,12-16,19,25-26,29,33H,4-5,8-9,11,17-18,20-21H2,1-3H3/t25-,26+,29+/m0/s1. The monoisotopic (exact) mass is 497 g/mol. The molecule has 1 fully saturated rings. The normalized spacial score (nSPS) is 18.0. The zero-order chi connectivity index (χ0) is 25.9. The van der Waals surface area contributed by atoms with Gasteiger partial charge in [0.25, 0.3) is 0 Å². The molecule has 1 aliphatic rings. The summed E-state index contributed by atoms with van der Waals surface area (Å²) in [7, 11) is 0. The number of hydrogen-bond donors (Lipinski definition) is 1. The van der Waals surface area contributed by atoms with Crippen LogP contribution in [0.5, 0.6) is 0 Å². The number of aliphatic hydroxyl groups excluding tert-OH is 1. The average Bonchev–Trinajstić information content (AvgIpc) is 3.29. The first-order valence-electron chi connectivity index (χ1n) is 13.1. The summed E-state index contributed by atoms with van der Waals surface area (Å²) in [6.45, 7) is 7.68. The fourth-order valence-electron chi connectivity index (χ4n) is 4.85. The van der Waals surface area contributed by atoms with Crippen molar-refractivity contribution in [1.82, 2.24) is 4.90 Å². The second-order valence-electron chi connectivity index (χ2n) is 9.56. The quantitative estimate of drug-likeness (QED) is 0.287. The number of esters is 1. The molecule has 1 N–H and O–H groups in total. The van der Waals surface area contributed by atoms with Crippen molar-refractivity contribution in [3.63, 3.8) is 0 Å². The van der Waals surface area contributed by atoms with E-state index in [1.807, 2.05) is 36.4 Å². The van der Waals surface area contributed by atoms with Crippen LogP contribution in [0, 0.1) is 12.7 Å². The van der Waals surface area contributed by atoms with E-state index in [2.05, 4.69) is 11.8 Å². The van der Waals surface area contributed by atoms with Crippen LogP contribution in [0.15, 0.2) is 48.5 Å². The average molecular weight is 498 g/mol. The van der Waals surface area contributed by atoms with Crippen molar-refractivity contribution in [1.29, 1.82) is 0 Å². The molecule has 3 rings (SSSR count). The van der Waals surface area contributed by atoms with Crippen LogP contribution in [0.1, 0.15) is 67.9 Å². The van der Waals surface area contributed by atoms with Crippen molar-refractivity contribution in [2.75, 3.05) is 26.3 Å². The maximum atomic E-state index is 14.0. The van der Waals surface area contributed by atoms with Gasteiger partial charge in [0.1, 0.15) is 5.82 Å². The minimum Gasteiger partial charge on any atom is -0.463 e. The Kier molecular flexibility index (Phi) is 11.1.